The number of aryl methyl sites for hydroxylation is 1. The number of hydrogen-bond acceptors (Lipinski definition) is 10. The van der Waals surface area contributed by atoms with Crippen LogP contribution in [0.25, 0.3) is 21.1 Å². The number of ether oxygens (including phenoxy) is 2. The van der Waals surface area contributed by atoms with E-state index in [9.17, 15) is 9.59 Å². The maximum absolute atomic E-state index is 13.1. The zero-order valence-electron chi connectivity index (χ0n) is 31.6. The molecular formula is C41H41Cl3N6O4S2. The number of nitrogens with zero attached hydrogens (tertiary/aromatic N) is 6. The van der Waals surface area contributed by atoms with E-state index < -0.39 is 0 Å². The van der Waals surface area contributed by atoms with Crippen molar-refractivity contribution in [2.45, 2.75) is 46.5 Å². The highest BCUT2D eigenvalue weighted by Gasteiger charge is 2.25. The third kappa shape index (κ3) is 10.4. The van der Waals surface area contributed by atoms with E-state index in [4.69, 9.17) is 44.3 Å². The normalized spacial score (nSPS) is 10.7. The standard InChI is InChI=1S/C21H22ClN3O2S.C20H19Cl2N3O2S/c1-4-5-12-25(20(26)16-8-6-7-9-17(16)22)21-24-23-19(28-21)15-10-11-18(27-3)14(2)13-15;1-3-4-11-25(19(26)14-7-5-6-8-15(14)21)20-24-23-18(28-20)13-9-10-17(27-2)16(22)12-13/h6-11,13H,4-5,12H2,1-3H3;5-10,12H,3-4,11H2,1-2H3. The van der Waals surface area contributed by atoms with Gasteiger partial charge in [0.05, 0.1) is 40.4 Å². The van der Waals surface area contributed by atoms with Gasteiger partial charge in [-0.2, -0.15) is 0 Å². The number of unbranched alkanes of at least 4 members (excludes halogenated alkanes) is 2. The number of hydrogen-bond donors (Lipinski definition) is 0. The van der Waals surface area contributed by atoms with Gasteiger partial charge in [0.2, 0.25) is 10.3 Å². The Hall–Kier alpha value is -4.59. The van der Waals surface area contributed by atoms with Gasteiger partial charge in [0.15, 0.2) is 0 Å². The molecule has 15 heteroatoms. The van der Waals surface area contributed by atoms with Gasteiger partial charge in [-0.1, -0.05) is 108 Å². The SMILES string of the molecule is CCCCN(C(=O)c1ccccc1Cl)c1nnc(-c2ccc(OC)c(C)c2)s1.CCCCN(C(=O)c1ccccc1Cl)c1nnc(-c2ccc(OC)c(Cl)c2)s1. The average Bonchev–Trinajstić information content (AvgIpc) is 3.90. The smallest absolute Gasteiger partial charge is 0.261 e. The number of methoxy groups -OCH3 is 2. The largest absolute Gasteiger partial charge is 0.496 e. The summed E-state index contributed by atoms with van der Waals surface area (Å²) >= 11 is 21.4. The summed E-state index contributed by atoms with van der Waals surface area (Å²) in [5.74, 6) is 1.07. The number of anilines is 2. The van der Waals surface area contributed by atoms with Crippen molar-refractivity contribution in [2.75, 3.05) is 37.1 Å². The predicted molar refractivity (Wildman–Crippen MR) is 230 cm³/mol. The van der Waals surface area contributed by atoms with E-state index in [0.717, 1.165) is 53.1 Å². The fraction of sp³-hybridized carbons (Fsp3) is 0.268. The molecule has 2 aromatic heterocycles. The van der Waals surface area contributed by atoms with E-state index in [1.807, 2.05) is 43.3 Å². The number of aromatic nitrogens is 4. The lowest BCUT2D eigenvalue weighted by Gasteiger charge is -2.19. The minimum absolute atomic E-state index is 0.160. The van der Waals surface area contributed by atoms with Crippen molar-refractivity contribution in [1.29, 1.82) is 0 Å². The number of carbonyl (C=O) groups is 2. The van der Waals surface area contributed by atoms with Crippen molar-refractivity contribution in [2.24, 2.45) is 0 Å². The van der Waals surface area contributed by atoms with Gasteiger partial charge >= 0.3 is 0 Å². The minimum Gasteiger partial charge on any atom is -0.496 e. The molecule has 2 amide bonds. The zero-order valence-corrected chi connectivity index (χ0v) is 35.5. The Morgan fingerprint density at radius 2 is 1.05 bits per heavy atom. The summed E-state index contributed by atoms with van der Waals surface area (Å²) in [4.78, 5) is 29.5. The first-order valence-electron chi connectivity index (χ1n) is 17.9. The highest BCUT2D eigenvalue weighted by molar-refractivity contribution is 7.19. The van der Waals surface area contributed by atoms with Crippen LogP contribution in [-0.4, -0.2) is 59.5 Å². The molecule has 292 valence electrons. The van der Waals surface area contributed by atoms with Gasteiger partial charge in [-0.25, -0.2) is 0 Å². The topological polar surface area (TPSA) is 111 Å². The Morgan fingerprint density at radius 3 is 1.46 bits per heavy atom. The highest BCUT2D eigenvalue weighted by Crippen LogP contribution is 2.35. The van der Waals surface area contributed by atoms with E-state index in [0.29, 0.717) is 60.3 Å². The van der Waals surface area contributed by atoms with E-state index in [2.05, 4.69) is 34.2 Å². The fourth-order valence-corrected chi connectivity index (χ4v) is 7.88. The molecule has 0 aliphatic carbocycles. The van der Waals surface area contributed by atoms with E-state index >= 15 is 0 Å². The maximum atomic E-state index is 13.1. The van der Waals surface area contributed by atoms with Crippen LogP contribution in [0, 0.1) is 6.92 Å². The minimum atomic E-state index is -0.186. The Balaban J connectivity index is 0.000000214. The van der Waals surface area contributed by atoms with Crippen LogP contribution in [0.15, 0.2) is 84.9 Å². The molecule has 0 bridgehead atoms. The summed E-state index contributed by atoms with van der Waals surface area (Å²) in [6, 6.07) is 25.4. The number of amides is 2. The predicted octanol–water partition coefficient (Wildman–Crippen LogP) is 11.6. The Labute approximate surface area is 350 Å². The van der Waals surface area contributed by atoms with Crippen molar-refractivity contribution < 1.29 is 19.1 Å². The third-order valence-corrected chi connectivity index (χ3v) is 11.4. The summed E-state index contributed by atoms with van der Waals surface area (Å²) in [7, 11) is 3.22. The molecule has 0 N–H and O–H groups in total. The van der Waals surface area contributed by atoms with Crippen LogP contribution >= 0.6 is 57.5 Å². The first-order valence-corrected chi connectivity index (χ1v) is 20.6. The lowest BCUT2D eigenvalue weighted by atomic mass is 10.1. The maximum Gasteiger partial charge on any atom is 0.261 e. The molecule has 0 spiro atoms. The quantitative estimate of drug-likeness (QED) is 0.107. The third-order valence-electron chi connectivity index (χ3n) is 8.50. The lowest BCUT2D eigenvalue weighted by Crippen LogP contribution is -2.32. The molecule has 0 aliphatic heterocycles. The van der Waals surface area contributed by atoms with Crippen molar-refractivity contribution >= 4 is 79.6 Å². The molecule has 0 aliphatic rings. The second kappa shape index (κ2) is 20.5. The van der Waals surface area contributed by atoms with E-state index in [-0.39, 0.29) is 11.8 Å². The van der Waals surface area contributed by atoms with Crippen LogP contribution in [0.4, 0.5) is 10.3 Å². The molecule has 0 saturated heterocycles. The van der Waals surface area contributed by atoms with Gasteiger partial charge < -0.3 is 9.47 Å². The van der Waals surface area contributed by atoms with Gasteiger partial charge in [0, 0.05) is 24.2 Å². The second-order valence-corrected chi connectivity index (χ2v) is 15.5. The van der Waals surface area contributed by atoms with Crippen LogP contribution in [0.2, 0.25) is 15.1 Å². The molecule has 0 radical (unpaired) electrons. The molecule has 6 rings (SSSR count). The molecule has 0 atom stereocenters. The van der Waals surface area contributed by atoms with Gasteiger partial charge in [0.25, 0.3) is 11.8 Å². The molecule has 4 aromatic carbocycles. The first kappa shape index (κ1) is 42.6. The Bertz CT molecular complexity index is 2110. The van der Waals surface area contributed by atoms with Gasteiger partial charge in [-0.05, 0) is 86.0 Å². The zero-order chi connectivity index (χ0) is 40.2. The summed E-state index contributed by atoms with van der Waals surface area (Å²) in [6.07, 6.45) is 3.63. The Morgan fingerprint density at radius 1 is 0.607 bits per heavy atom. The summed E-state index contributed by atoms with van der Waals surface area (Å²) in [5.41, 5.74) is 3.70. The molecule has 2 heterocycles. The summed E-state index contributed by atoms with van der Waals surface area (Å²) in [6.45, 7) is 7.25. The molecule has 0 fully saturated rings. The van der Waals surface area contributed by atoms with Crippen molar-refractivity contribution in [3.8, 4) is 32.6 Å². The van der Waals surface area contributed by atoms with Crippen LogP contribution in [0.5, 0.6) is 11.5 Å². The molecule has 6 aromatic rings. The molecule has 56 heavy (non-hydrogen) atoms. The van der Waals surface area contributed by atoms with E-state index in [1.54, 1.807) is 72.6 Å². The average molecular weight is 852 g/mol. The first-order chi connectivity index (χ1) is 27.1. The number of carbonyl (C=O) groups excluding carboxylic acids is 2. The Kier molecular flexibility index (Phi) is 15.6. The number of halogens is 3. The van der Waals surface area contributed by atoms with Crippen LogP contribution < -0.4 is 19.3 Å². The molecular weight excluding hydrogens is 811 g/mol. The van der Waals surface area contributed by atoms with Gasteiger partial charge in [-0.3, -0.25) is 19.4 Å². The van der Waals surface area contributed by atoms with E-state index in [1.165, 1.54) is 22.7 Å². The highest BCUT2D eigenvalue weighted by atomic mass is 35.5. The molecule has 0 saturated carbocycles. The van der Waals surface area contributed by atoms with Crippen molar-refractivity contribution in [3.63, 3.8) is 0 Å². The van der Waals surface area contributed by atoms with Gasteiger partial charge in [0.1, 0.15) is 21.5 Å². The lowest BCUT2D eigenvalue weighted by molar-refractivity contribution is 0.0978. The van der Waals surface area contributed by atoms with Gasteiger partial charge in [-0.15, -0.1) is 20.4 Å². The van der Waals surface area contributed by atoms with Crippen LogP contribution in [-0.2, 0) is 0 Å². The van der Waals surface area contributed by atoms with Crippen LogP contribution in [0.1, 0.15) is 65.8 Å². The number of benzene rings is 4. The van der Waals surface area contributed by atoms with Crippen LogP contribution in [0.3, 0.4) is 0 Å². The summed E-state index contributed by atoms with van der Waals surface area (Å²) in [5, 5.41) is 21.0. The fourth-order valence-electron chi connectivity index (χ4n) is 5.45. The monoisotopic (exact) mass is 850 g/mol. The second-order valence-electron chi connectivity index (χ2n) is 12.4. The number of rotatable bonds is 14. The molecule has 0 unspecified atom stereocenters. The molecule has 10 nitrogen and oxygen atoms in total. The van der Waals surface area contributed by atoms with Crippen molar-refractivity contribution in [3.05, 3.63) is 117 Å². The summed E-state index contributed by atoms with van der Waals surface area (Å²) < 4.78 is 10.5. The van der Waals surface area contributed by atoms with Crippen molar-refractivity contribution in [1.82, 2.24) is 20.4 Å².